The molecular formula is C25H21Br2LiN4O5. The summed E-state index contributed by atoms with van der Waals surface area (Å²) in [5, 5.41) is 10.7. The topological polar surface area (TPSA) is 148 Å². The molecule has 0 fully saturated rings. The van der Waals surface area contributed by atoms with Crippen LogP contribution in [0.4, 0.5) is 5.82 Å². The minimum absolute atomic E-state index is 0. The quantitative estimate of drug-likeness (QED) is 0.234. The second kappa shape index (κ2) is 12.8. The number of nitrogens with two attached hydrogens (primary N) is 1. The molecular weight excluding hydrogens is 603 g/mol. The fraction of sp³-hybridized carbons (Fsp3) is 0.280. The number of ether oxygens (including phenoxy) is 1. The van der Waals surface area contributed by atoms with Crippen molar-refractivity contribution in [1.29, 1.82) is 0 Å². The third kappa shape index (κ3) is 7.05. The normalized spacial score (nSPS) is 16.9. The molecule has 0 saturated carbocycles. The average molecular weight is 624 g/mol. The van der Waals surface area contributed by atoms with Gasteiger partial charge in [-0.3, -0.25) is 19.6 Å². The van der Waals surface area contributed by atoms with E-state index in [2.05, 4.69) is 46.8 Å². The summed E-state index contributed by atoms with van der Waals surface area (Å²) in [6.45, 7) is -0.313. The second-order valence-corrected chi connectivity index (χ2v) is 10.2. The fourth-order valence-electron chi connectivity index (χ4n) is 4.23. The van der Waals surface area contributed by atoms with Crippen LogP contribution in [0, 0.1) is 0 Å². The summed E-state index contributed by atoms with van der Waals surface area (Å²) >= 11 is 6.66. The number of aromatic nitrogens is 3. The number of aryl methyl sites for hydroxylation is 2. The van der Waals surface area contributed by atoms with E-state index in [-0.39, 0.29) is 31.3 Å². The van der Waals surface area contributed by atoms with Crippen LogP contribution in [0.15, 0.2) is 51.8 Å². The Morgan fingerprint density at radius 1 is 0.919 bits per heavy atom. The third-order valence-electron chi connectivity index (χ3n) is 6.02. The molecule has 9 nitrogen and oxygen atoms in total. The Morgan fingerprint density at radius 2 is 1.49 bits per heavy atom. The van der Waals surface area contributed by atoms with Crippen molar-refractivity contribution in [3.63, 3.8) is 0 Å². The van der Waals surface area contributed by atoms with Gasteiger partial charge in [0, 0.05) is 39.0 Å². The largest absolute Gasteiger partial charge is 1.00 e. The van der Waals surface area contributed by atoms with Crippen LogP contribution in [0.25, 0.3) is 0 Å². The molecule has 186 valence electrons. The molecule has 0 aliphatic heterocycles. The SMILES string of the molecule is Nc1ccc(C(=O)COC(=O)C2CCc3cc(Br)cnc32)cn1.O=C([O-])C1CCc2cc(Br)cnc21.[Li+]. The van der Waals surface area contributed by atoms with E-state index < -0.39 is 23.8 Å². The molecule has 0 saturated heterocycles. The first-order chi connectivity index (χ1) is 17.2. The smallest absolute Gasteiger partial charge is 0.549 e. The van der Waals surface area contributed by atoms with E-state index in [4.69, 9.17) is 10.5 Å². The van der Waals surface area contributed by atoms with Crippen LogP contribution in [0.3, 0.4) is 0 Å². The molecule has 12 heteroatoms. The van der Waals surface area contributed by atoms with Crippen molar-refractivity contribution in [2.75, 3.05) is 12.3 Å². The Labute approximate surface area is 242 Å². The number of hydrogen-bond acceptors (Lipinski definition) is 9. The van der Waals surface area contributed by atoms with Gasteiger partial charge in [-0.1, -0.05) is 0 Å². The van der Waals surface area contributed by atoms with E-state index in [1.54, 1.807) is 18.5 Å². The number of anilines is 1. The predicted octanol–water partition coefficient (Wildman–Crippen LogP) is -0.0950. The van der Waals surface area contributed by atoms with Crippen molar-refractivity contribution in [1.82, 2.24) is 15.0 Å². The molecule has 2 N–H and O–H groups in total. The molecule has 3 heterocycles. The molecule has 2 aliphatic rings. The molecule has 2 unspecified atom stereocenters. The number of Topliss-reactive ketones (excluding diaryl/α,β-unsaturated/α-hetero) is 1. The summed E-state index contributed by atoms with van der Waals surface area (Å²) < 4.78 is 6.94. The number of nitrogen functional groups attached to an aromatic ring is 1. The summed E-state index contributed by atoms with van der Waals surface area (Å²) in [4.78, 5) is 47.1. The maximum atomic E-state index is 12.2. The number of esters is 1. The van der Waals surface area contributed by atoms with Crippen molar-refractivity contribution in [2.45, 2.75) is 37.5 Å². The van der Waals surface area contributed by atoms with Crippen LogP contribution in [0.2, 0.25) is 0 Å². The third-order valence-corrected chi connectivity index (χ3v) is 6.89. The molecule has 0 radical (unpaired) electrons. The number of halogens is 2. The monoisotopic (exact) mass is 622 g/mol. The zero-order valence-electron chi connectivity index (χ0n) is 19.9. The van der Waals surface area contributed by atoms with Gasteiger partial charge in [-0.25, -0.2) is 4.98 Å². The van der Waals surface area contributed by atoms with Gasteiger partial charge in [0.15, 0.2) is 6.61 Å². The predicted molar refractivity (Wildman–Crippen MR) is 135 cm³/mol. The van der Waals surface area contributed by atoms with Crippen LogP contribution in [0.1, 0.15) is 57.6 Å². The number of carbonyl (C=O) groups is 3. The number of fused-ring (bicyclic) bond motifs is 2. The number of pyridine rings is 3. The van der Waals surface area contributed by atoms with Crippen molar-refractivity contribution in [2.24, 2.45) is 0 Å². The fourth-order valence-corrected chi connectivity index (χ4v) is 4.99. The number of carboxylic acid groups (broad SMARTS) is 1. The van der Waals surface area contributed by atoms with Crippen molar-refractivity contribution in [3.05, 3.63) is 79.9 Å². The summed E-state index contributed by atoms with van der Waals surface area (Å²) in [5.41, 5.74) is 9.29. The molecule has 0 bridgehead atoms. The molecule has 0 amide bonds. The first-order valence-electron chi connectivity index (χ1n) is 11.1. The van der Waals surface area contributed by atoms with Gasteiger partial charge in [-0.2, -0.15) is 0 Å². The van der Waals surface area contributed by atoms with Crippen molar-refractivity contribution in [3.8, 4) is 0 Å². The summed E-state index contributed by atoms with van der Waals surface area (Å²) in [6.07, 6.45) is 7.47. The molecule has 2 aliphatic carbocycles. The molecule has 3 aromatic heterocycles. The Morgan fingerprint density at radius 3 is 2.03 bits per heavy atom. The van der Waals surface area contributed by atoms with Gasteiger partial charge in [0.05, 0.1) is 23.3 Å². The standard InChI is InChI=1S/C16H14BrN3O3.C9H8BrNO2.Li/c17-11-5-9-1-3-12(15(9)20-7-11)16(22)23-8-13(21)10-2-4-14(18)19-6-10;10-6-3-5-1-2-7(9(12)13)8(5)11-4-6;/h2,4-7,12H,1,3,8H2,(H2,18,19);3-4,7H,1-2H2,(H,12,13);/q;;+1/p-1. The summed E-state index contributed by atoms with van der Waals surface area (Å²) in [6, 6.07) is 6.97. The van der Waals surface area contributed by atoms with Gasteiger partial charge < -0.3 is 20.4 Å². The van der Waals surface area contributed by atoms with Crippen LogP contribution >= 0.6 is 31.9 Å². The molecule has 3 aromatic rings. The molecule has 0 spiro atoms. The number of rotatable bonds is 5. The first kappa shape index (κ1) is 29.0. The molecule has 5 rings (SSSR count). The van der Waals surface area contributed by atoms with E-state index >= 15 is 0 Å². The van der Waals surface area contributed by atoms with E-state index in [0.717, 1.165) is 38.6 Å². The van der Waals surface area contributed by atoms with Crippen LogP contribution in [-0.2, 0) is 27.2 Å². The second-order valence-electron chi connectivity index (χ2n) is 8.40. The maximum Gasteiger partial charge on any atom is 1.00 e. The number of aliphatic carboxylic acids is 1. The minimum Gasteiger partial charge on any atom is -0.549 e. The van der Waals surface area contributed by atoms with E-state index in [1.807, 2.05) is 12.1 Å². The van der Waals surface area contributed by atoms with Crippen LogP contribution in [-0.4, -0.2) is 39.3 Å². The van der Waals surface area contributed by atoms with Crippen LogP contribution < -0.4 is 29.7 Å². The van der Waals surface area contributed by atoms with Gasteiger partial charge in [0.2, 0.25) is 5.78 Å². The van der Waals surface area contributed by atoms with Crippen LogP contribution in [0.5, 0.6) is 0 Å². The molecule has 37 heavy (non-hydrogen) atoms. The minimum atomic E-state index is -1.02. The van der Waals surface area contributed by atoms with Gasteiger partial charge in [-0.15, -0.1) is 0 Å². The van der Waals surface area contributed by atoms with E-state index in [0.29, 0.717) is 29.9 Å². The number of carboxylic acids is 1. The Hall–Kier alpha value is -2.58. The number of hydrogen-bond donors (Lipinski definition) is 1. The van der Waals surface area contributed by atoms with Crippen molar-refractivity contribution >= 4 is 55.4 Å². The first-order valence-corrected chi connectivity index (χ1v) is 12.7. The number of ketones is 1. The van der Waals surface area contributed by atoms with Gasteiger partial charge in [0.1, 0.15) is 5.82 Å². The zero-order chi connectivity index (χ0) is 25.8. The number of nitrogens with zero attached hydrogens (tertiary/aromatic N) is 3. The van der Waals surface area contributed by atoms with Gasteiger partial charge in [-0.05, 0) is 92.9 Å². The Kier molecular flexibility index (Phi) is 10.0. The van der Waals surface area contributed by atoms with Crippen molar-refractivity contribution < 1.29 is 43.1 Å². The van der Waals surface area contributed by atoms with E-state index in [1.165, 1.54) is 12.3 Å². The maximum absolute atomic E-state index is 12.2. The number of carbonyl (C=O) groups excluding carboxylic acids is 3. The zero-order valence-corrected chi connectivity index (χ0v) is 23.1. The van der Waals surface area contributed by atoms with E-state index in [9.17, 15) is 19.5 Å². The van der Waals surface area contributed by atoms with Gasteiger partial charge >= 0.3 is 24.8 Å². The summed E-state index contributed by atoms with van der Waals surface area (Å²) in [5.74, 6) is -2.34. The Balaban J connectivity index is 0.000000231. The van der Waals surface area contributed by atoms with Gasteiger partial charge in [0.25, 0.3) is 0 Å². The Bertz CT molecular complexity index is 1320. The average Bonchev–Trinajstić information content (AvgIpc) is 3.47. The molecule has 0 aromatic carbocycles. The summed E-state index contributed by atoms with van der Waals surface area (Å²) in [7, 11) is 0. The molecule has 2 atom stereocenters.